The first-order chi connectivity index (χ1) is 18.3. The first-order valence-electron chi connectivity index (χ1n) is 11.7. The maximum Gasteiger partial charge on any atom is 0.187 e. The summed E-state index contributed by atoms with van der Waals surface area (Å²) in [5.74, 6) is -0.761. The van der Waals surface area contributed by atoms with Crippen molar-refractivity contribution in [2.24, 2.45) is 26.4 Å². The lowest BCUT2D eigenvalue weighted by molar-refractivity contribution is -0.219. The van der Waals surface area contributed by atoms with Crippen molar-refractivity contribution < 1.29 is 39.7 Å². The molecule has 1 heterocycles. The molecule has 20 nitrogen and oxygen atoms in total. The van der Waals surface area contributed by atoms with Gasteiger partial charge in [0.05, 0.1) is 49.2 Å². The molecule has 1 aliphatic heterocycles. The van der Waals surface area contributed by atoms with Crippen LogP contribution in [-0.2, 0) is 14.2 Å². The van der Waals surface area contributed by atoms with Crippen LogP contribution in [0.3, 0.4) is 0 Å². The van der Waals surface area contributed by atoms with Gasteiger partial charge in [0, 0.05) is 32.2 Å². The Morgan fingerprint density at radius 2 is 1.47 bits per heavy atom. The minimum atomic E-state index is -1.57. The highest BCUT2D eigenvalue weighted by Gasteiger charge is 2.51. The zero-order chi connectivity index (χ0) is 27.8. The molecule has 0 aromatic rings. The molecule has 5 N–H and O–H groups in total. The standard InChI is InChI=1S/C18H28N12O8/c19-27-23-4-6-1-9(12(26-30-22)15(34)13(6)32)36-17-11(5-31)38-18(16(17)35)37-10-3-7(24-28-20)2-8(14(10)33)25-29-21/h6-18,31-35H,1-5H2/t6-,7?,8?,9-,10-,11+,12?,13+,14-,15+,16+,17+,18+/m0/s1. The Labute approximate surface area is 214 Å². The molecular formula is C18H28N12O8. The van der Waals surface area contributed by atoms with Crippen LogP contribution in [0.25, 0.3) is 41.8 Å². The minimum Gasteiger partial charge on any atom is -0.394 e. The van der Waals surface area contributed by atoms with E-state index in [1.165, 1.54) is 0 Å². The van der Waals surface area contributed by atoms with E-state index in [1.54, 1.807) is 0 Å². The average Bonchev–Trinajstić information content (AvgIpc) is 3.19. The molecule has 2 saturated carbocycles. The molecule has 3 aliphatic rings. The van der Waals surface area contributed by atoms with E-state index in [4.69, 9.17) is 36.3 Å². The van der Waals surface area contributed by atoms with Gasteiger partial charge in [-0.2, -0.15) is 0 Å². The van der Waals surface area contributed by atoms with Crippen molar-refractivity contribution in [1.82, 2.24) is 0 Å². The monoisotopic (exact) mass is 540 g/mol. The first kappa shape index (κ1) is 29.5. The van der Waals surface area contributed by atoms with E-state index >= 15 is 0 Å². The number of hydrogen-bond acceptors (Lipinski definition) is 12. The summed E-state index contributed by atoms with van der Waals surface area (Å²) in [5.41, 5.74) is 35.1. The Morgan fingerprint density at radius 1 is 0.763 bits per heavy atom. The Balaban J connectivity index is 1.78. The molecule has 0 bridgehead atoms. The van der Waals surface area contributed by atoms with Crippen LogP contribution in [0.5, 0.6) is 0 Å². The number of aliphatic hydroxyl groups is 5. The molecule has 0 radical (unpaired) electrons. The maximum absolute atomic E-state index is 11.0. The van der Waals surface area contributed by atoms with E-state index in [9.17, 15) is 25.5 Å². The zero-order valence-electron chi connectivity index (χ0n) is 19.9. The van der Waals surface area contributed by atoms with E-state index in [0.717, 1.165) is 0 Å². The van der Waals surface area contributed by atoms with Crippen molar-refractivity contribution in [3.8, 4) is 0 Å². The van der Waals surface area contributed by atoms with Gasteiger partial charge in [0.15, 0.2) is 6.29 Å². The molecule has 208 valence electrons. The third-order valence-corrected chi connectivity index (χ3v) is 6.98. The average molecular weight is 540 g/mol. The molecule has 38 heavy (non-hydrogen) atoms. The lowest BCUT2D eigenvalue weighted by Crippen LogP contribution is -2.56. The van der Waals surface area contributed by atoms with Crippen LogP contribution in [-0.4, -0.2) is 112 Å². The second-order valence-electron chi connectivity index (χ2n) is 9.21. The van der Waals surface area contributed by atoms with Gasteiger partial charge >= 0.3 is 0 Å². The molecule has 20 heteroatoms. The number of nitrogens with zero attached hydrogens (tertiary/aromatic N) is 12. The van der Waals surface area contributed by atoms with Crippen LogP contribution in [0.2, 0.25) is 0 Å². The summed E-state index contributed by atoms with van der Waals surface area (Å²) < 4.78 is 17.3. The quantitative estimate of drug-likeness (QED) is 0.147. The van der Waals surface area contributed by atoms with E-state index in [0.29, 0.717) is 0 Å². The normalized spacial score (nSPS) is 42.6. The van der Waals surface area contributed by atoms with Crippen LogP contribution in [0.15, 0.2) is 20.5 Å². The molecular weight excluding hydrogens is 512 g/mol. The Hall–Kier alpha value is -3.08. The van der Waals surface area contributed by atoms with Gasteiger partial charge in [0.1, 0.15) is 18.3 Å². The summed E-state index contributed by atoms with van der Waals surface area (Å²) in [6.07, 6.45) is -11.8. The molecule has 3 rings (SSSR count). The summed E-state index contributed by atoms with van der Waals surface area (Å²) in [4.78, 5) is 10.8. The van der Waals surface area contributed by atoms with Gasteiger partial charge in [-0.05, 0) is 47.3 Å². The van der Waals surface area contributed by atoms with Crippen LogP contribution >= 0.6 is 0 Å². The molecule has 13 atom stereocenters. The van der Waals surface area contributed by atoms with E-state index in [1.807, 2.05) is 0 Å². The largest absolute Gasteiger partial charge is 0.394 e. The van der Waals surface area contributed by atoms with Crippen molar-refractivity contribution in [3.63, 3.8) is 0 Å². The second kappa shape index (κ2) is 13.6. The van der Waals surface area contributed by atoms with Gasteiger partial charge in [-0.1, -0.05) is 20.5 Å². The topological polar surface area (TPSA) is 324 Å². The second-order valence-corrected chi connectivity index (χ2v) is 9.21. The van der Waals surface area contributed by atoms with Crippen molar-refractivity contribution in [2.45, 2.75) is 92.5 Å². The van der Waals surface area contributed by atoms with Crippen LogP contribution < -0.4 is 0 Å². The fourth-order valence-electron chi connectivity index (χ4n) is 5.10. The zero-order valence-corrected chi connectivity index (χ0v) is 19.9. The van der Waals surface area contributed by atoms with Gasteiger partial charge in [0.25, 0.3) is 0 Å². The van der Waals surface area contributed by atoms with Crippen LogP contribution in [0.4, 0.5) is 0 Å². The highest BCUT2D eigenvalue weighted by molar-refractivity contribution is 5.01. The van der Waals surface area contributed by atoms with Gasteiger partial charge in [0.2, 0.25) is 0 Å². The van der Waals surface area contributed by atoms with Crippen molar-refractivity contribution in [1.29, 1.82) is 0 Å². The summed E-state index contributed by atoms with van der Waals surface area (Å²) in [5, 5.41) is 66.4. The summed E-state index contributed by atoms with van der Waals surface area (Å²) in [6, 6.07) is -2.92. The lowest BCUT2D eigenvalue weighted by Gasteiger charge is -2.42. The van der Waals surface area contributed by atoms with E-state index in [2.05, 4.69) is 40.1 Å². The maximum atomic E-state index is 11.0. The molecule has 1 saturated heterocycles. The van der Waals surface area contributed by atoms with E-state index < -0.39 is 85.8 Å². The molecule has 0 aromatic heterocycles. The van der Waals surface area contributed by atoms with Crippen LogP contribution in [0, 0.1) is 5.92 Å². The number of ether oxygens (including phenoxy) is 3. The fraction of sp³-hybridized carbons (Fsp3) is 1.00. The van der Waals surface area contributed by atoms with Gasteiger partial charge < -0.3 is 39.7 Å². The van der Waals surface area contributed by atoms with Crippen molar-refractivity contribution in [2.75, 3.05) is 13.2 Å². The number of azide groups is 4. The van der Waals surface area contributed by atoms with Crippen molar-refractivity contribution >= 4 is 0 Å². The molecule has 2 aliphatic carbocycles. The molecule has 0 spiro atoms. The van der Waals surface area contributed by atoms with Gasteiger partial charge in [-0.15, -0.1) is 0 Å². The lowest BCUT2D eigenvalue weighted by atomic mass is 9.79. The third kappa shape index (κ3) is 6.48. The summed E-state index contributed by atoms with van der Waals surface area (Å²) >= 11 is 0. The molecule has 3 unspecified atom stereocenters. The fourth-order valence-corrected chi connectivity index (χ4v) is 5.10. The Morgan fingerprint density at radius 3 is 2.11 bits per heavy atom. The molecule has 3 fully saturated rings. The highest BCUT2D eigenvalue weighted by Crippen LogP contribution is 2.36. The predicted octanol–water partition coefficient (Wildman–Crippen LogP) is 0.447. The molecule has 0 amide bonds. The third-order valence-electron chi connectivity index (χ3n) is 6.98. The first-order valence-corrected chi connectivity index (χ1v) is 11.7. The van der Waals surface area contributed by atoms with Gasteiger partial charge in [-0.3, -0.25) is 0 Å². The number of aliphatic hydroxyl groups excluding tert-OH is 5. The van der Waals surface area contributed by atoms with Crippen LogP contribution in [0.1, 0.15) is 19.3 Å². The SMILES string of the molecule is [N-]=[N+]=NC[C@@H]1C[C@H](O[C@H]2[C@@H](O)[C@H](O[C@H]3CC(N=[N+]=[N-])CC(N=[N+]=[N-])[C@@H]3O)O[C@@H]2CO)C(N=[N+]=[N-])[C@@H](O)[C@@H]1O. The summed E-state index contributed by atoms with van der Waals surface area (Å²) in [7, 11) is 0. The summed E-state index contributed by atoms with van der Waals surface area (Å²) in [6.45, 7) is -0.821. The van der Waals surface area contributed by atoms with Gasteiger partial charge in [-0.25, -0.2) is 0 Å². The van der Waals surface area contributed by atoms with E-state index in [-0.39, 0.29) is 25.8 Å². The number of rotatable bonds is 10. The van der Waals surface area contributed by atoms with Crippen molar-refractivity contribution in [3.05, 3.63) is 41.8 Å². The Bertz CT molecular complexity index is 1010. The predicted molar refractivity (Wildman–Crippen MR) is 123 cm³/mol. The number of hydrogen-bond donors (Lipinski definition) is 5. The molecule has 0 aromatic carbocycles. The Kier molecular flexibility index (Phi) is 10.6. The minimum absolute atomic E-state index is 0.0251. The highest BCUT2D eigenvalue weighted by atomic mass is 16.7. The smallest absolute Gasteiger partial charge is 0.187 e.